The lowest BCUT2D eigenvalue weighted by Crippen LogP contribution is -1.98. The highest BCUT2D eigenvalue weighted by Crippen LogP contribution is 2.31. The largest absolute Gasteiger partial charge is 0.497 e. The number of nitrogens with zero attached hydrogens (tertiary/aromatic N) is 3. The van der Waals surface area contributed by atoms with Gasteiger partial charge < -0.3 is 4.74 Å². The molecule has 2 aromatic carbocycles. The maximum atomic E-state index is 5.22. The Bertz CT molecular complexity index is 964. The maximum Gasteiger partial charge on any atom is 0.196 e. The summed E-state index contributed by atoms with van der Waals surface area (Å²) in [6, 6.07) is 22.5. The number of hydrogen-bond acceptors (Lipinski definition) is 5. The van der Waals surface area contributed by atoms with Crippen LogP contribution in [-0.2, 0) is 5.75 Å². The van der Waals surface area contributed by atoms with E-state index < -0.39 is 0 Å². The Kier molecular flexibility index (Phi) is 5.04. The summed E-state index contributed by atoms with van der Waals surface area (Å²) in [5, 5.41) is 11.9. The van der Waals surface area contributed by atoms with Gasteiger partial charge in [-0.3, -0.25) is 4.57 Å². The molecule has 2 heterocycles. The van der Waals surface area contributed by atoms with E-state index in [1.807, 2.05) is 36.4 Å². The van der Waals surface area contributed by atoms with Crippen molar-refractivity contribution in [3.05, 3.63) is 77.7 Å². The summed E-state index contributed by atoms with van der Waals surface area (Å²) in [4.78, 5) is 1.11. The number of thiophene rings is 1. The second-order valence-corrected chi connectivity index (χ2v) is 7.48. The summed E-state index contributed by atoms with van der Waals surface area (Å²) in [5.41, 5.74) is 2.29. The molecular formula is C20H17N3OS2. The van der Waals surface area contributed by atoms with Crippen molar-refractivity contribution in [1.29, 1.82) is 0 Å². The lowest BCUT2D eigenvalue weighted by Gasteiger charge is -2.09. The van der Waals surface area contributed by atoms with E-state index in [9.17, 15) is 0 Å². The molecule has 0 atom stereocenters. The van der Waals surface area contributed by atoms with Crippen molar-refractivity contribution in [3.63, 3.8) is 0 Å². The first-order valence-corrected chi connectivity index (χ1v) is 10.0. The van der Waals surface area contributed by atoms with E-state index in [-0.39, 0.29) is 0 Å². The fraction of sp³-hybridized carbons (Fsp3) is 0.100. The number of ether oxygens (including phenoxy) is 1. The Balaban J connectivity index is 1.65. The minimum atomic E-state index is 0.819. The van der Waals surface area contributed by atoms with Gasteiger partial charge in [-0.1, -0.05) is 48.2 Å². The summed E-state index contributed by atoms with van der Waals surface area (Å²) >= 11 is 3.35. The molecule has 0 aliphatic rings. The van der Waals surface area contributed by atoms with E-state index in [2.05, 4.69) is 50.5 Å². The number of rotatable bonds is 6. The van der Waals surface area contributed by atoms with Gasteiger partial charge >= 0.3 is 0 Å². The van der Waals surface area contributed by atoms with Crippen LogP contribution in [0.2, 0.25) is 0 Å². The molecule has 4 aromatic rings. The molecule has 6 heteroatoms. The van der Waals surface area contributed by atoms with Crippen LogP contribution in [0, 0.1) is 0 Å². The van der Waals surface area contributed by atoms with Gasteiger partial charge in [0.2, 0.25) is 0 Å². The van der Waals surface area contributed by atoms with Gasteiger partial charge in [0.25, 0.3) is 0 Å². The highest BCUT2D eigenvalue weighted by atomic mass is 32.2. The summed E-state index contributed by atoms with van der Waals surface area (Å²) < 4.78 is 7.35. The number of aromatic nitrogens is 3. The molecule has 0 fully saturated rings. The highest BCUT2D eigenvalue weighted by molar-refractivity contribution is 7.98. The Morgan fingerprint density at radius 1 is 0.962 bits per heavy atom. The predicted molar refractivity (Wildman–Crippen MR) is 107 cm³/mol. The van der Waals surface area contributed by atoms with Crippen molar-refractivity contribution in [2.45, 2.75) is 10.9 Å². The molecule has 0 saturated carbocycles. The van der Waals surface area contributed by atoms with Gasteiger partial charge in [0.1, 0.15) is 5.75 Å². The maximum absolute atomic E-state index is 5.22. The Hall–Kier alpha value is -2.57. The molecule has 130 valence electrons. The highest BCUT2D eigenvalue weighted by Gasteiger charge is 2.16. The molecule has 0 radical (unpaired) electrons. The van der Waals surface area contributed by atoms with Crippen molar-refractivity contribution in [1.82, 2.24) is 14.8 Å². The van der Waals surface area contributed by atoms with Crippen LogP contribution < -0.4 is 4.74 Å². The first kappa shape index (κ1) is 16.9. The number of thioether (sulfide) groups is 1. The van der Waals surface area contributed by atoms with Gasteiger partial charge in [0.05, 0.1) is 12.0 Å². The Morgan fingerprint density at radius 2 is 1.77 bits per heavy atom. The SMILES string of the molecule is COc1ccc(CSc2nnc(-c3cccs3)n2-c2ccccc2)cc1. The molecule has 0 bridgehead atoms. The zero-order chi connectivity index (χ0) is 17.8. The van der Waals surface area contributed by atoms with E-state index in [0.717, 1.165) is 33.0 Å². The first-order chi connectivity index (χ1) is 12.8. The van der Waals surface area contributed by atoms with Crippen LogP contribution in [-0.4, -0.2) is 21.9 Å². The number of methoxy groups -OCH3 is 1. The van der Waals surface area contributed by atoms with Crippen LogP contribution in [0.1, 0.15) is 5.56 Å². The van der Waals surface area contributed by atoms with Crippen LogP contribution in [0.15, 0.2) is 77.3 Å². The first-order valence-electron chi connectivity index (χ1n) is 8.15. The zero-order valence-corrected chi connectivity index (χ0v) is 15.8. The second-order valence-electron chi connectivity index (χ2n) is 5.59. The van der Waals surface area contributed by atoms with Crippen molar-refractivity contribution >= 4 is 23.1 Å². The molecule has 0 spiro atoms. The van der Waals surface area contributed by atoms with Crippen LogP contribution in [0.4, 0.5) is 0 Å². The normalized spacial score (nSPS) is 10.8. The van der Waals surface area contributed by atoms with Gasteiger partial charge in [-0.25, -0.2) is 0 Å². The number of para-hydroxylation sites is 1. The molecule has 0 unspecified atom stereocenters. The Morgan fingerprint density at radius 3 is 2.46 bits per heavy atom. The monoisotopic (exact) mass is 379 g/mol. The quantitative estimate of drug-likeness (QED) is 0.426. The van der Waals surface area contributed by atoms with Crippen LogP contribution in [0.25, 0.3) is 16.4 Å². The fourth-order valence-electron chi connectivity index (χ4n) is 2.61. The number of hydrogen-bond donors (Lipinski definition) is 0. The molecule has 4 rings (SSSR count). The third-order valence-corrected chi connectivity index (χ3v) is 5.78. The van der Waals surface area contributed by atoms with Gasteiger partial charge in [0.15, 0.2) is 11.0 Å². The molecule has 4 nitrogen and oxygen atoms in total. The molecule has 2 aromatic heterocycles. The van der Waals surface area contributed by atoms with E-state index in [4.69, 9.17) is 4.74 Å². The lowest BCUT2D eigenvalue weighted by atomic mass is 10.2. The van der Waals surface area contributed by atoms with Crippen molar-refractivity contribution in [2.75, 3.05) is 7.11 Å². The lowest BCUT2D eigenvalue weighted by molar-refractivity contribution is 0.414. The van der Waals surface area contributed by atoms with Crippen LogP contribution in [0.3, 0.4) is 0 Å². The van der Waals surface area contributed by atoms with Crippen molar-refractivity contribution in [3.8, 4) is 22.1 Å². The molecular weight excluding hydrogens is 362 g/mol. The molecule has 0 N–H and O–H groups in total. The third kappa shape index (κ3) is 3.52. The zero-order valence-electron chi connectivity index (χ0n) is 14.2. The van der Waals surface area contributed by atoms with E-state index in [0.29, 0.717) is 0 Å². The van der Waals surface area contributed by atoms with Crippen LogP contribution >= 0.6 is 23.1 Å². The second kappa shape index (κ2) is 7.76. The predicted octanol–water partition coefficient (Wildman–Crippen LogP) is 5.30. The van der Waals surface area contributed by atoms with Crippen molar-refractivity contribution < 1.29 is 4.74 Å². The van der Waals surface area contributed by atoms with Gasteiger partial charge in [-0.2, -0.15) is 0 Å². The van der Waals surface area contributed by atoms with Crippen LogP contribution in [0.5, 0.6) is 5.75 Å². The minimum absolute atomic E-state index is 0.819. The topological polar surface area (TPSA) is 39.9 Å². The molecule has 0 aliphatic heterocycles. The summed E-state index contributed by atoms with van der Waals surface area (Å²) in [7, 11) is 1.68. The summed E-state index contributed by atoms with van der Waals surface area (Å²) in [5.74, 6) is 2.56. The average molecular weight is 380 g/mol. The van der Waals surface area contributed by atoms with Gasteiger partial charge in [-0.15, -0.1) is 21.5 Å². The van der Waals surface area contributed by atoms with Gasteiger partial charge in [-0.05, 0) is 41.3 Å². The average Bonchev–Trinajstić information content (AvgIpc) is 3.37. The Labute approximate surface area is 160 Å². The van der Waals surface area contributed by atoms with E-state index in [1.54, 1.807) is 30.2 Å². The molecule has 0 amide bonds. The fourth-order valence-corrected chi connectivity index (χ4v) is 4.21. The molecule has 0 saturated heterocycles. The smallest absolute Gasteiger partial charge is 0.196 e. The standard InChI is InChI=1S/C20H17N3OS2/c1-24-17-11-9-15(10-12-17)14-26-20-22-21-19(18-8-5-13-25-18)23(20)16-6-3-2-4-7-16/h2-13H,14H2,1H3. The third-order valence-electron chi connectivity index (χ3n) is 3.92. The van der Waals surface area contributed by atoms with Gasteiger partial charge in [0, 0.05) is 11.4 Å². The van der Waals surface area contributed by atoms with E-state index in [1.165, 1.54) is 5.56 Å². The van der Waals surface area contributed by atoms with Crippen molar-refractivity contribution in [2.24, 2.45) is 0 Å². The minimum Gasteiger partial charge on any atom is -0.497 e. The van der Waals surface area contributed by atoms with E-state index >= 15 is 0 Å². The number of benzene rings is 2. The summed E-state index contributed by atoms with van der Waals surface area (Å²) in [6.07, 6.45) is 0. The molecule has 26 heavy (non-hydrogen) atoms. The molecule has 0 aliphatic carbocycles. The summed E-state index contributed by atoms with van der Waals surface area (Å²) in [6.45, 7) is 0.